The van der Waals surface area contributed by atoms with Crippen molar-refractivity contribution in [2.45, 2.75) is 38.4 Å². The van der Waals surface area contributed by atoms with Crippen LogP contribution in [0.4, 0.5) is 0 Å². The molecule has 1 aliphatic rings. The second-order valence-electron chi connectivity index (χ2n) is 7.68. The van der Waals surface area contributed by atoms with Gasteiger partial charge in [-0.3, -0.25) is 4.79 Å². The molecule has 4 rings (SSSR count). The Bertz CT molecular complexity index is 932. The SMILES string of the molecule is C[C@H](C(=O)NC1CC1)[NH+](C)Cc1cn(-c2ccccc2)nc1-c1ccccc1. The van der Waals surface area contributed by atoms with E-state index in [0.717, 1.165) is 46.8 Å². The lowest BCUT2D eigenvalue weighted by atomic mass is 10.1. The number of carbonyl (C=O) groups excluding carboxylic acids is 1. The van der Waals surface area contributed by atoms with Gasteiger partial charge in [-0.15, -0.1) is 0 Å². The van der Waals surface area contributed by atoms with Crippen molar-refractivity contribution in [3.8, 4) is 16.9 Å². The van der Waals surface area contributed by atoms with E-state index in [2.05, 4.69) is 30.7 Å². The molecule has 2 atom stereocenters. The van der Waals surface area contributed by atoms with Crippen LogP contribution in [0.1, 0.15) is 25.3 Å². The molecule has 0 saturated heterocycles. The number of quaternary nitrogens is 1. The molecule has 1 unspecified atom stereocenters. The fourth-order valence-electron chi connectivity index (χ4n) is 3.32. The largest absolute Gasteiger partial charge is 0.348 e. The molecule has 1 aromatic heterocycles. The zero-order valence-electron chi connectivity index (χ0n) is 16.4. The number of hydrogen-bond acceptors (Lipinski definition) is 2. The van der Waals surface area contributed by atoms with Crippen molar-refractivity contribution in [1.82, 2.24) is 15.1 Å². The molecule has 5 heteroatoms. The van der Waals surface area contributed by atoms with Crippen LogP contribution in [-0.2, 0) is 11.3 Å². The van der Waals surface area contributed by atoms with Crippen LogP contribution >= 0.6 is 0 Å². The smallest absolute Gasteiger partial charge is 0.278 e. The average Bonchev–Trinajstić information content (AvgIpc) is 3.45. The predicted octanol–water partition coefficient (Wildman–Crippen LogP) is 2.22. The minimum absolute atomic E-state index is 0.107. The first-order valence-electron chi connectivity index (χ1n) is 9.94. The van der Waals surface area contributed by atoms with Gasteiger partial charge >= 0.3 is 0 Å². The summed E-state index contributed by atoms with van der Waals surface area (Å²) in [7, 11) is 2.08. The molecular weight excluding hydrogens is 348 g/mol. The minimum atomic E-state index is -0.107. The van der Waals surface area contributed by atoms with Gasteiger partial charge in [-0.2, -0.15) is 5.10 Å². The zero-order chi connectivity index (χ0) is 19.5. The van der Waals surface area contributed by atoms with Gasteiger partial charge in [0.25, 0.3) is 5.91 Å². The topological polar surface area (TPSA) is 51.4 Å². The average molecular weight is 375 g/mol. The molecule has 0 bridgehead atoms. The molecule has 1 heterocycles. The molecule has 1 saturated carbocycles. The standard InChI is InChI=1S/C23H26N4O/c1-17(23(28)24-20-13-14-20)26(2)15-19-16-27(21-11-7-4-8-12-21)25-22(19)18-9-5-3-6-10-18/h3-12,16-17,20H,13-15H2,1-2H3,(H,24,28)/p+1/t17-/m1/s1. The zero-order valence-corrected chi connectivity index (χ0v) is 16.4. The summed E-state index contributed by atoms with van der Waals surface area (Å²) >= 11 is 0. The second kappa shape index (κ2) is 7.98. The van der Waals surface area contributed by atoms with E-state index in [1.54, 1.807) is 0 Å². The van der Waals surface area contributed by atoms with E-state index in [4.69, 9.17) is 5.10 Å². The van der Waals surface area contributed by atoms with Crippen LogP contribution in [0.15, 0.2) is 66.9 Å². The lowest BCUT2D eigenvalue weighted by Gasteiger charge is -2.21. The number of carbonyl (C=O) groups is 1. The van der Waals surface area contributed by atoms with Crippen molar-refractivity contribution in [2.24, 2.45) is 0 Å². The van der Waals surface area contributed by atoms with Gasteiger partial charge in [0.15, 0.2) is 6.04 Å². The molecule has 144 valence electrons. The summed E-state index contributed by atoms with van der Waals surface area (Å²) < 4.78 is 1.93. The predicted molar refractivity (Wildman–Crippen MR) is 110 cm³/mol. The fraction of sp³-hybridized carbons (Fsp3) is 0.304. The molecule has 1 fully saturated rings. The monoisotopic (exact) mass is 375 g/mol. The van der Waals surface area contributed by atoms with Crippen LogP contribution in [0.25, 0.3) is 16.9 Å². The third kappa shape index (κ3) is 4.15. The van der Waals surface area contributed by atoms with Gasteiger partial charge in [-0.1, -0.05) is 48.5 Å². The molecule has 5 nitrogen and oxygen atoms in total. The lowest BCUT2D eigenvalue weighted by molar-refractivity contribution is -0.908. The van der Waals surface area contributed by atoms with Crippen molar-refractivity contribution in [3.63, 3.8) is 0 Å². The lowest BCUT2D eigenvalue weighted by Crippen LogP contribution is -3.12. The van der Waals surface area contributed by atoms with E-state index in [0.29, 0.717) is 6.04 Å². The summed E-state index contributed by atoms with van der Waals surface area (Å²) in [5.41, 5.74) is 4.23. The molecule has 0 radical (unpaired) electrons. The van der Waals surface area contributed by atoms with Crippen LogP contribution in [0.2, 0.25) is 0 Å². The maximum Gasteiger partial charge on any atom is 0.278 e. The van der Waals surface area contributed by atoms with E-state index >= 15 is 0 Å². The summed E-state index contributed by atoms with van der Waals surface area (Å²) in [4.78, 5) is 13.6. The number of nitrogens with zero attached hydrogens (tertiary/aromatic N) is 2. The van der Waals surface area contributed by atoms with Gasteiger partial charge in [0.05, 0.1) is 18.3 Å². The molecule has 28 heavy (non-hydrogen) atoms. The van der Waals surface area contributed by atoms with Gasteiger partial charge in [0, 0.05) is 17.8 Å². The third-order valence-electron chi connectivity index (χ3n) is 5.38. The maximum absolute atomic E-state index is 12.5. The van der Waals surface area contributed by atoms with E-state index in [9.17, 15) is 4.79 Å². The Balaban J connectivity index is 1.61. The van der Waals surface area contributed by atoms with Crippen LogP contribution < -0.4 is 10.2 Å². The molecule has 2 aromatic carbocycles. The molecule has 0 spiro atoms. The summed E-state index contributed by atoms with van der Waals surface area (Å²) in [5.74, 6) is 0.136. The highest BCUT2D eigenvalue weighted by molar-refractivity contribution is 5.80. The van der Waals surface area contributed by atoms with Gasteiger partial charge < -0.3 is 10.2 Å². The summed E-state index contributed by atoms with van der Waals surface area (Å²) in [6.07, 6.45) is 4.31. The Labute approximate surface area is 166 Å². The first-order valence-corrected chi connectivity index (χ1v) is 9.94. The van der Waals surface area contributed by atoms with Crippen LogP contribution in [-0.4, -0.2) is 34.8 Å². The highest BCUT2D eigenvalue weighted by Crippen LogP contribution is 2.23. The Morgan fingerprint density at radius 2 is 1.79 bits per heavy atom. The number of hydrogen-bond donors (Lipinski definition) is 2. The normalized spacial score (nSPS) is 15.8. The molecule has 1 amide bonds. The van der Waals surface area contributed by atoms with Gasteiger partial charge in [-0.25, -0.2) is 4.68 Å². The maximum atomic E-state index is 12.5. The number of aromatic nitrogens is 2. The number of para-hydroxylation sites is 1. The van der Waals surface area contributed by atoms with Crippen molar-refractivity contribution in [1.29, 1.82) is 0 Å². The Morgan fingerprint density at radius 1 is 1.14 bits per heavy atom. The summed E-state index contributed by atoms with van der Waals surface area (Å²) in [6.45, 7) is 2.73. The quantitative estimate of drug-likeness (QED) is 0.665. The number of rotatable bonds is 7. The van der Waals surface area contributed by atoms with Crippen LogP contribution in [0, 0.1) is 0 Å². The van der Waals surface area contributed by atoms with Crippen molar-refractivity contribution < 1.29 is 9.69 Å². The van der Waals surface area contributed by atoms with Crippen molar-refractivity contribution >= 4 is 5.91 Å². The first-order chi connectivity index (χ1) is 13.6. The number of amides is 1. The van der Waals surface area contributed by atoms with Crippen LogP contribution in [0.5, 0.6) is 0 Å². The fourth-order valence-corrected chi connectivity index (χ4v) is 3.32. The highest BCUT2D eigenvalue weighted by Gasteiger charge is 2.29. The second-order valence-corrected chi connectivity index (χ2v) is 7.68. The van der Waals surface area contributed by atoms with Gasteiger partial charge in [0.1, 0.15) is 12.2 Å². The molecule has 2 N–H and O–H groups in total. The highest BCUT2D eigenvalue weighted by atomic mass is 16.2. The Kier molecular flexibility index (Phi) is 5.26. The molecular formula is C23H27N4O+. The van der Waals surface area contributed by atoms with E-state index < -0.39 is 0 Å². The summed E-state index contributed by atoms with van der Waals surface area (Å²) in [6, 6.07) is 20.7. The Morgan fingerprint density at radius 3 is 2.43 bits per heavy atom. The van der Waals surface area contributed by atoms with Crippen LogP contribution in [0.3, 0.4) is 0 Å². The number of likely N-dealkylation sites (N-methyl/N-ethyl adjacent to an activating group) is 1. The molecule has 0 aliphatic heterocycles. The molecule has 3 aromatic rings. The molecule has 1 aliphatic carbocycles. The van der Waals surface area contributed by atoms with Gasteiger partial charge in [-0.05, 0) is 31.9 Å². The van der Waals surface area contributed by atoms with E-state index in [-0.39, 0.29) is 11.9 Å². The van der Waals surface area contributed by atoms with Gasteiger partial charge in [0.2, 0.25) is 0 Å². The Hall–Kier alpha value is -2.92. The van der Waals surface area contributed by atoms with Crippen molar-refractivity contribution in [2.75, 3.05) is 7.05 Å². The van der Waals surface area contributed by atoms with E-state index in [1.165, 1.54) is 0 Å². The van der Waals surface area contributed by atoms with Crippen molar-refractivity contribution in [3.05, 3.63) is 72.4 Å². The first kappa shape index (κ1) is 18.4. The number of nitrogens with one attached hydrogen (secondary N) is 2. The number of benzene rings is 2. The summed E-state index contributed by atoms with van der Waals surface area (Å²) in [5, 5.41) is 7.99. The minimum Gasteiger partial charge on any atom is -0.348 e. The van der Waals surface area contributed by atoms with E-state index in [1.807, 2.05) is 60.1 Å². The third-order valence-corrected chi connectivity index (χ3v) is 5.38.